The maximum Gasteiger partial charge on any atom is 0.151 e. The summed E-state index contributed by atoms with van der Waals surface area (Å²) in [4.78, 5) is 0. The maximum atomic E-state index is 11.2. The van der Waals surface area contributed by atoms with Crippen molar-refractivity contribution < 1.29 is 13.5 Å². The van der Waals surface area contributed by atoms with Crippen molar-refractivity contribution in [2.45, 2.75) is 38.3 Å². The minimum Gasteiger partial charge on any atom is -0.392 e. The molecule has 1 fully saturated rings. The molecule has 0 heterocycles. The lowest BCUT2D eigenvalue weighted by atomic mass is 10.2. The number of aliphatic hydroxyl groups excluding tert-OH is 1. The minimum absolute atomic E-state index is 0.0991. The molecule has 0 amide bonds. The van der Waals surface area contributed by atoms with E-state index < -0.39 is 9.84 Å². The lowest BCUT2D eigenvalue weighted by Gasteiger charge is -2.15. The Morgan fingerprint density at radius 3 is 2.64 bits per heavy atom. The third-order valence-corrected chi connectivity index (χ3v) is 4.44. The Balaban J connectivity index is 2.21. The molecule has 0 spiro atoms. The maximum absolute atomic E-state index is 11.2. The van der Waals surface area contributed by atoms with Crippen LogP contribution in [-0.2, 0) is 9.84 Å². The highest BCUT2D eigenvalue weighted by Gasteiger charge is 2.24. The fourth-order valence-corrected chi connectivity index (χ4v) is 2.44. The summed E-state index contributed by atoms with van der Waals surface area (Å²) in [6.07, 6.45) is 2.52. The van der Waals surface area contributed by atoms with Gasteiger partial charge in [0.15, 0.2) is 9.84 Å². The van der Waals surface area contributed by atoms with Crippen molar-refractivity contribution in [3.63, 3.8) is 0 Å². The molecule has 0 aliphatic heterocycles. The summed E-state index contributed by atoms with van der Waals surface area (Å²) < 4.78 is 22.3. The van der Waals surface area contributed by atoms with Crippen LogP contribution in [0.2, 0.25) is 0 Å². The molecule has 2 atom stereocenters. The highest BCUT2D eigenvalue weighted by atomic mass is 32.2. The monoisotopic (exact) mass is 221 g/mol. The molecule has 0 bridgehead atoms. The summed E-state index contributed by atoms with van der Waals surface area (Å²) in [6.45, 7) is 2.11. The average Bonchev–Trinajstić information content (AvgIpc) is 2.52. The van der Waals surface area contributed by atoms with Gasteiger partial charge in [-0.1, -0.05) is 6.92 Å². The number of aliphatic hydroxyl groups is 1. The van der Waals surface area contributed by atoms with E-state index in [4.69, 9.17) is 0 Å². The zero-order chi connectivity index (χ0) is 10.6. The van der Waals surface area contributed by atoms with Crippen LogP contribution in [0.3, 0.4) is 0 Å². The van der Waals surface area contributed by atoms with Crippen molar-refractivity contribution >= 4 is 9.84 Å². The summed E-state index contributed by atoms with van der Waals surface area (Å²) in [6, 6.07) is 0.0991. The summed E-state index contributed by atoms with van der Waals surface area (Å²) in [5.41, 5.74) is 0. The molecular formula is C9H19NO3S. The zero-order valence-electron chi connectivity index (χ0n) is 8.57. The first-order valence-electron chi connectivity index (χ1n) is 5.17. The molecule has 0 saturated heterocycles. The van der Waals surface area contributed by atoms with Gasteiger partial charge in [-0.2, -0.15) is 0 Å². The number of nitrogens with one attached hydrogen (secondary N) is 1. The normalized spacial score (nSPS) is 28.1. The molecule has 1 saturated carbocycles. The molecule has 2 unspecified atom stereocenters. The van der Waals surface area contributed by atoms with Crippen molar-refractivity contribution in [3.05, 3.63) is 0 Å². The van der Waals surface area contributed by atoms with Crippen LogP contribution in [0.5, 0.6) is 0 Å². The number of hydrogen-bond acceptors (Lipinski definition) is 4. The van der Waals surface area contributed by atoms with E-state index >= 15 is 0 Å². The molecule has 1 aliphatic carbocycles. The van der Waals surface area contributed by atoms with E-state index in [1.54, 1.807) is 6.92 Å². The van der Waals surface area contributed by atoms with Crippen LogP contribution in [0, 0.1) is 0 Å². The Morgan fingerprint density at radius 2 is 2.14 bits per heavy atom. The molecule has 0 aromatic heterocycles. The van der Waals surface area contributed by atoms with Gasteiger partial charge >= 0.3 is 0 Å². The summed E-state index contributed by atoms with van der Waals surface area (Å²) in [7, 11) is -2.87. The predicted molar refractivity (Wildman–Crippen MR) is 56.0 cm³/mol. The van der Waals surface area contributed by atoms with Crippen LogP contribution >= 0.6 is 0 Å². The SMILES string of the molecule is CCS(=O)(=O)CCNC1CCCC1O. The van der Waals surface area contributed by atoms with E-state index in [2.05, 4.69) is 5.32 Å². The second kappa shape index (κ2) is 5.09. The number of rotatable bonds is 5. The molecule has 5 heteroatoms. The quantitative estimate of drug-likeness (QED) is 0.681. The molecule has 84 valence electrons. The third-order valence-electron chi connectivity index (χ3n) is 2.74. The lowest BCUT2D eigenvalue weighted by molar-refractivity contribution is 0.150. The van der Waals surface area contributed by atoms with Crippen LogP contribution in [-0.4, -0.2) is 43.7 Å². The fourth-order valence-electron chi connectivity index (χ4n) is 1.72. The van der Waals surface area contributed by atoms with E-state index in [1.165, 1.54) is 0 Å². The molecule has 4 nitrogen and oxygen atoms in total. The van der Waals surface area contributed by atoms with Gasteiger partial charge in [0.1, 0.15) is 0 Å². The Kier molecular flexibility index (Phi) is 4.34. The van der Waals surface area contributed by atoms with Gasteiger partial charge in [0.2, 0.25) is 0 Å². The molecule has 1 rings (SSSR count). The molecule has 0 aromatic carbocycles. The van der Waals surface area contributed by atoms with Gasteiger partial charge in [0, 0.05) is 18.3 Å². The van der Waals surface area contributed by atoms with Crippen LogP contribution < -0.4 is 5.32 Å². The topological polar surface area (TPSA) is 66.4 Å². The first-order chi connectivity index (χ1) is 6.55. The second-order valence-electron chi connectivity index (χ2n) is 3.80. The minimum atomic E-state index is -2.87. The Morgan fingerprint density at radius 1 is 1.43 bits per heavy atom. The van der Waals surface area contributed by atoms with Gasteiger partial charge in [-0.15, -0.1) is 0 Å². The van der Waals surface area contributed by atoms with Crippen LogP contribution in [0.25, 0.3) is 0 Å². The van der Waals surface area contributed by atoms with Gasteiger partial charge < -0.3 is 10.4 Å². The third kappa shape index (κ3) is 3.55. The van der Waals surface area contributed by atoms with Crippen molar-refractivity contribution in [1.82, 2.24) is 5.32 Å². The number of hydrogen-bond donors (Lipinski definition) is 2. The van der Waals surface area contributed by atoms with Gasteiger partial charge in [0.25, 0.3) is 0 Å². The smallest absolute Gasteiger partial charge is 0.151 e. The molecule has 14 heavy (non-hydrogen) atoms. The zero-order valence-corrected chi connectivity index (χ0v) is 9.39. The molecular weight excluding hydrogens is 202 g/mol. The van der Waals surface area contributed by atoms with E-state index in [0.717, 1.165) is 19.3 Å². The highest BCUT2D eigenvalue weighted by molar-refractivity contribution is 7.91. The Hall–Kier alpha value is -0.130. The van der Waals surface area contributed by atoms with Crippen molar-refractivity contribution in [1.29, 1.82) is 0 Å². The summed E-state index contributed by atoms with van der Waals surface area (Å²) in [5, 5.41) is 12.6. The van der Waals surface area contributed by atoms with Gasteiger partial charge in [0.05, 0.1) is 11.9 Å². The molecule has 2 N–H and O–H groups in total. The van der Waals surface area contributed by atoms with Crippen molar-refractivity contribution in [2.75, 3.05) is 18.1 Å². The molecule has 0 radical (unpaired) electrons. The van der Waals surface area contributed by atoms with Crippen molar-refractivity contribution in [3.8, 4) is 0 Å². The van der Waals surface area contributed by atoms with E-state index in [9.17, 15) is 13.5 Å². The largest absolute Gasteiger partial charge is 0.392 e. The number of sulfone groups is 1. The Labute approximate surface area is 85.6 Å². The van der Waals surface area contributed by atoms with Gasteiger partial charge in [-0.3, -0.25) is 0 Å². The van der Waals surface area contributed by atoms with Crippen molar-refractivity contribution in [2.24, 2.45) is 0 Å². The molecule has 0 aromatic rings. The predicted octanol–water partition coefficient (Wildman–Crippen LogP) is -0.0759. The lowest BCUT2D eigenvalue weighted by Crippen LogP contribution is -2.38. The molecule has 1 aliphatic rings. The first-order valence-corrected chi connectivity index (χ1v) is 6.99. The fraction of sp³-hybridized carbons (Fsp3) is 1.00. The summed E-state index contributed by atoms with van der Waals surface area (Å²) in [5.74, 6) is 0.370. The first kappa shape index (κ1) is 11.9. The van der Waals surface area contributed by atoms with Gasteiger partial charge in [-0.05, 0) is 19.3 Å². The van der Waals surface area contributed by atoms with Crippen LogP contribution in [0.15, 0.2) is 0 Å². The van der Waals surface area contributed by atoms with E-state index in [0.29, 0.717) is 6.54 Å². The highest BCUT2D eigenvalue weighted by Crippen LogP contribution is 2.18. The Bertz CT molecular complexity index is 263. The van der Waals surface area contributed by atoms with Gasteiger partial charge in [-0.25, -0.2) is 8.42 Å². The standard InChI is InChI=1S/C9H19NO3S/c1-2-14(12,13)7-6-10-8-4-3-5-9(8)11/h8-11H,2-7H2,1H3. The van der Waals surface area contributed by atoms with Crippen LogP contribution in [0.1, 0.15) is 26.2 Å². The second-order valence-corrected chi connectivity index (χ2v) is 6.27. The van der Waals surface area contributed by atoms with E-state index in [-0.39, 0.29) is 23.7 Å². The average molecular weight is 221 g/mol. The van der Waals surface area contributed by atoms with Crippen LogP contribution in [0.4, 0.5) is 0 Å². The van der Waals surface area contributed by atoms with E-state index in [1.807, 2.05) is 0 Å². The summed E-state index contributed by atoms with van der Waals surface area (Å²) >= 11 is 0.